The second-order valence-electron chi connectivity index (χ2n) is 12.6. The van der Waals surface area contributed by atoms with E-state index in [-0.39, 0.29) is 0 Å². The van der Waals surface area contributed by atoms with Crippen LogP contribution in [0.1, 0.15) is 12.7 Å². The number of imidazole rings is 1. The van der Waals surface area contributed by atoms with Crippen LogP contribution < -0.4 is 0 Å². The van der Waals surface area contributed by atoms with Gasteiger partial charge in [0.05, 0.1) is 11.0 Å². The number of rotatable bonds is 4. The maximum absolute atomic E-state index is 6.18. The van der Waals surface area contributed by atoms with Crippen LogP contribution in [0.25, 0.3) is 93.2 Å². The summed E-state index contributed by atoms with van der Waals surface area (Å²) in [6, 6.07) is 54.7. The third kappa shape index (κ3) is 3.98. The van der Waals surface area contributed by atoms with Crippen molar-refractivity contribution in [3.8, 4) is 27.9 Å². The van der Waals surface area contributed by atoms with E-state index in [2.05, 4.69) is 151 Å². The lowest BCUT2D eigenvalue weighted by Crippen LogP contribution is -2.00. The highest BCUT2D eigenvalue weighted by molar-refractivity contribution is 6.22. The average molecular weight is 615 g/mol. The van der Waals surface area contributed by atoms with Crippen molar-refractivity contribution >= 4 is 65.3 Å². The van der Waals surface area contributed by atoms with Crippen LogP contribution >= 0.6 is 0 Å². The van der Waals surface area contributed by atoms with Crippen molar-refractivity contribution in [2.75, 3.05) is 0 Å². The van der Waals surface area contributed by atoms with Crippen molar-refractivity contribution in [3.63, 3.8) is 0 Å². The second-order valence-corrected chi connectivity index (χ2v) is 12.6. The minimum absolute atomic E-state index is 0.869. The molecule has 0 unspecified atom stereocenters. The summed E-state index contributed by atoms with van der Waals surface area (Å²) in [7, 11) is 0. The summed E-state index contributed by atoms with van der Waals surface area (Å²) in [5, 5.41) is 9.69. The first-order chi connectivity index (χ1) is 23.7. The summed E-state index contributed by atoms with van der Waals surface area (Å²) < 4.78 is 8.48. The fraction of sp³-hybridized carbons (Fsp3) is 0.0444. The van der Waals surface area contributed by atoms with Gasteiger partial charge >= 0.3 is 0 Å². The van der Waals surface area contributed by atoms with Crippen LogP contribution in [0.15, 0.2) is 156 Å². The van der Waals surface area contributed by atoms with E-state index in [0.717, 1.165) is 50.9 Å². The van der Waals surface area contributed by atoms with Crippen molar-refractivity contribution in [2.45, 2.75) is 13.3 Å². The van der Waals surface area contributed by atoms with Gasteiger partial charge in [0.1, 0.15) is 17.0 Å². The summed E-state index contributed by atoms with van der Waals surface area (Å²) in [6.45, 7) is 2.17. The van der Waals surface area contributed by atoms with Crippen molar-refractivity contribution in [3.05, 3.63) is 157 Å². The van der Waals surface area contributed by atoms with Gasteiger partial charge in [-0.15, -0.1) is 0 Å². The Morgan fingerprint density at radius 1 is 0.500 bits per heavy atom. The lowest BCUT2D eigenvalue weighted by atomic mass is 9.85. The molecular formula is C45H30N2O. The maximum Gasteiger partial charge on any atom is 0.135 e. The number of para-hydroxylation sites is 3. The molecule has 48 heavy (non-hydrogen) atoms. The Hall–Kier alpha value is -6.19. The van der Waals surface area contributed by atoms with Crippen molar-refractivity contribution < 1.29 is 4.42 Å². The van der Waals surface area contributed by atoms with E-state index in [1.54, 1.807) is 0 Å². The van der Waals surface area contributed by atoms with E-state index in [1.807, 2.05) is 12.1 Å². The van der Waals surface area contributed by atoms with Crippen molar-refractivity contribution in [1.29, 1.82) is 0 Å². The standard InChI is InChI=1S/C45H30N2O/c1-2-43-46-39-16-8-9-17-40(39)47(43)32-23-21-28-25-30(20-19-29(28)26-32)44-34-12-3-5-14-36(34)45(37-15-6-4-13-35(37)44)31-22-24-42-38(27-31)33-11-7-10-18-41(33)48-42/h3-27H,2H2,1H3. The molecule has 0 saturated heterocycles. The Balaban J connectivity index is 1.18. The highest BCUT2D eigenvalue weighted by Gasteiger charge is 2.18. The molecule has 226 valence electrons. The van der Waals surface area contributed by atoms with Gasteiger partial charge in [-0.05, 0) is 103 Å². The van der Waals surface area contributed by atoms with Crippen LogP contribution in [0.5, 0.6) is 0 Å². The molecule has 10 rings (SSSR count). The van der Waals surface area contributed by atoms with Crippen molar-refractivity contribution in [2.24, 2.45) is 0 Å². The number of benzene rings is 8. The van der Waals surface area contributed by atoms with Gasteiger partial charge < -0.3 is 4.42 Å². The highest BCUT2D eigenvalue weighted by Crippen LogP contribution is 2.45. The third-order valence-corrected chi connectivity index (χ3v) is 9.91. The molecule has 3 nitrogen and oxygen atoms in total. The zero-order chi connectivity index (χ0) is 31.8. The van der Waals surface area contributed by atoms with Gasteiger partial charge in [0, 0.05) is 22.9 Å². The summed E-state index contributed by atoms with van der Waals surface area (Å²) in [5.41, 5.74) is 10.1. The molecule has 0 atom stereocenters. The van der Waals surface area contributed by atoms with E-state index >= 15 is 0 Å². The van der Waals surface area contributed by atoms with E-state index in [9.17, 15) is 0 Å². The minimum atomic E-state index is 0.869. The minimum Gasteiger partial charge on any atom is -0.456 e. The molecular weight excluding hydrogens is 585 g/mol. The SMILES string of the molecule is CCc1nc2ccccc2n1-c1ccc2cc(-c3c4ccccc4c(-c4ccc5oc6ccccc6c5c4)c4ccccc34)ccc2c1. The van der Waals surface area contributed by atoms with E-state index in [4.69, 9.17) is 9.40 Å². The summed E-state index contributed by atoms with van der Waals surface area (Å²) in [4.78, 5) is 4.91. The van der Waals surface area contributed by atoms with E-state index in [0.29, 0.717) is 0 Å². The first-order valence-electron chi connectivity index (χ1n) is 16.6. The smallest absolute Gasteiger partial charge is 0.135 e. The number of aryl methyl sites for hydroxylation is 1. The predicted octanol–water partition coefficient (Wildman–Crippen LogP) is 12.3. The number of hydrogen-bond donors (Lipinski definition) is 0. The zero-order valence-corrected chi connectivity index (χ0v) is 26.4. The molecule has 0 bridgehead atoms. The highest BCUT2D eigenvalue weighted by atomic mass is 16.3. The van der Waals surface area contributed by atoms with E-state index in [1.165, 1.54) is 54.6 Å². The van der Waals surface area contributed by atoms with Crippen molar-refractivity contribution in [1.82, 2.24) is 9.55 Å². The Labute approximate surface area is 277 Å². The molecule has 0 amide bonds. The molecule has 0 aliphatic heterocycles. The van der Waals surface area contributed by atoms with Crippen LogP contribution in [0.3, 0.4) is 0 Å². The Morgan fingerprint density at radius 2 is 1.06 bits per heavy atom. The topological polar surface area (TPSA) is 31.0 Å². The molecule has 0 fully saturated rings. The van der Waals surface area contributed by atoms with Gasteiger partial charge in [-0.25, -0.2) is 4.98 Å². The quantitative estimate of drug-likeness (QED) is 0.185. The Kier molecular flexibility index (Phi) is 5.85. The molecule has 3 heteroatoms. The normalized spacial score (nSPS) is 11.9. The third-order valence-electron chi connectivity index (χ3n) is 9.91. The molecule has 0 aliphatic rings. The number of aromatic nitrogens is 2. The molecule has 0 radical (unpaired) electrons. The van der Waals surface area contributed by atoms with Gasteiger partial charge in [0.25, 0.3) is 0 Å². The number of furan rings is 1. The van der Waals surface area contributed by atoms with Gasteiger partial charge in [-0.3, -0.25) is 4.57 Å². The molecule has 0 N–H and O–H groups in total. The molecule has 10 aromatic rings. The maximum atomic E-state index is 6.18. The first-order valence-corrected chi connectivity index (χ1v) is 16.6. The van der Waals surface area contributed by atoms with Crippen LogP contribution in [0.2, 0.25) is 0 Å². The van der Waals surface area contributed by atoms with Gasteiger partial charge in [0.15, 0.2) is 0 Å². The largest absolute Gasteiger partial charge is 0.456 e. The first kappa shape index (κ1) is 27.0. The Morgan fingerprint density at radius 3 is 1.79 bits per heavy atom. The van der Waals surface area contributed by atoms with Gasteiger partial charge in [0.2, 0.25) is 0 Å². The fourth-order valence-electron chi connectivity index (χ4n) is 7.76. The fourth-order valence-corrected chi connectivity index (χ4v) is 7.76. The number of hydrogen-bond acceptors (Lipinski definition) is 2. The molecule has 2 heterocycles. The van der Waals surface area contributed by atoms with Crippen LogP contribution in [-0.4, -0.2) is 9.55 Å². The predicted molar refractivity (Wildman–Crippen MR) is 201 cm³/mol. The van der Waals surface area contributed by atoms with Gasteiger partial charge in [-0.1, -0.05) is 110 Å². The lowest BCUT2D eigenvalue weighted by Gasteiger charge is -2.18. The van der Waals surface area contributed by atoms with Crippen LogP contribution in [-0.2, 0) is 6.42 Å². The zero-order valence-electron chi connectivity index (χ0n) is 26.4. The number of fused-ring (bicyclic) bond motifs is 7. The lowest BCUT2D eigenvalue weighted by molar-refractivity contribution is 0.669. The molecule has 8 aromatic carbocycles. The average Bonchev–Trinajstić information content (AvgIpc) is 3.71. The molecule has 0 spiro atoms. The summed E-state index contributed by atoms with van der Waals surface area (Å²) in [5.74, 6) is 1.07. The van der Waals surface area contributed by atoms with Crippen LogP contribution in [0, 0.1) is 0 Å². The summed E-state index contributed by atoms with van der Waals surface area (Å²) >= 11 is 0. The second kappa shape index (κ2) is 10.4. The van der Waals surface area contributed by atoms with E-state index < -0.39 is 0 Å². The molecule has 2 aromatic heterocycles. The molecule has 0 aliphatic carbocycles. The summed E-state index contributed by atoms with van der Waals surface area (Å²) in [6.07, 6.45) is 0.869. The van der Waals surface area contributed by atoms with Crippen LogP contribution in [0.4, 0.5) is 0 Å². The van der Waals surface area contributed by atoms with Gasteiger partial charge in [-0.2, -0.15) is 0 Å². The molecule has 0 saturated carbocycles. The monoisotopic (exact) mass is 614 g/mol. The number of nitrogens with zero attached hydrogens (tertiary/aromatic N) is 2. The Bertz CT molecular complexity index is 2830.